The highest BCUT2D eigenvalue weighted by atomic mass is 19.1. The smallest absolute Gasteiger partial charge is 0.165 e. The molecule has 0 saturated carbocycles. The molecule has 0 unspecified atom stereocenters. The Bertz CT molecular complexity index is 6430. The Morgan fingerprint density at radius 2 is 0.470 bits per heavy atom. The molecule has 10 atom stereocenters. The Labute approximate surface area is 762 Å². The van der Waals surface area contributed by atoms with Gasteiger partial charge in [0.2, 0.25) is 0 Å². The maximum Gasteiger partial charge on any atom is 0.165 e. The van der Waals surface area contributed by atoms with Crippen LogP contribution in [0.25, 0.3) is 0 Å². The van der Waals surface area contributed by atoms with Crippen LogP contribution in [-0.4, -0.2) is 107 Å². The van der Waals surface area contributed by atoms with Crippen molar-refractivity contribution in [3.05, 3.63) is 420 Å². The fourth-order valence-corrected chi connectivity index (χ4v) is 18.7. The highest BCUT2D eigenvalue weighted by Crippen LogP contribution is 2.55. The topological polar surface area (TPSA) is 318 Å². The Balaban J connectivity index is 0.000000120. The van der Waals surface area contributed by atoms with Crippen molar-refractivity contribution in [2.75, 3.05) is 40.1 Å². The maximum absolute atomic E-state index is 14.4. The normalized spacial score (nSPS) is 18.7. The maximum atomic E-state index is 14.4. The summed E-state index contributed by atoms with van der Waals surface area (Å²) >= 11 is 0. The van der Waals surface area contributed by atoms with E-state index in [0.717, 1.165) is 117 Å². The molecule has 0 bridgehead atoms. The van der Waals surface area contributed by atoms with Crippen molar-refractivity contribution in [3.63, 3.8) is 0 Å². The van der Waals surface area contributed by atoms with Gasteiger partial charge in [-0.2, -0.15) is 0 Å². The predicted octanol–water partition coefficient (Wildman–Crippen LogP) is 23.0. The van der Waals surface area contributed by atoms with E-state index in [4.69, 9.17) is 28.4 Å². The first-order chi connectivity index (χ1) is 63.6. The minimum Gasteiger partial charge on any atom is -0.508 e. The van der Waals surface area contributed by atoms with Gasteiger partial charge in [0.1, 0.15) is 109 Å². The molecule has 5 heterocycles. The summed E-state index contributed by atoms with van der Waals surface area (Å²) in [7, 11) is 1.43. The lowest BCUT2D eigenvalue weighted by molar-refractivity contribution is 0.245. The molecule has 0 radical (unpaired) electrons. The van der Waals surface area contributed by atoms with Gasteiger partial charge in [-0.1, -0.05) is 146 Å². The molecule has 15 aromatic carbocycles. The molecule has 0 fully saturated rings. The van der Waals surface area contributed by atoms with Gasteiger partial charge in [0.05, 0.1) is 40.1 Å². The highest BCUT2D eigenvalue weighted by molar-refractivity contribution is 5.61. The number of hydrogen-bond donors (Lipinski definition) is 13. The Hall–Kier alpha value is -15.6. The van der Waals surface area contributed by atoms with Crippen LogP contribution in [0.4, 0.5) is 8.78 Å². The van der Waals surface area contributed by atoms with Gasteiger partial charge >= 0.3 is 0 Å². The van der Waals surface area contributed by atoms with Crippen LogP contribution in [0.3, 0.4) is 0 Å². The summed E-state index contributed by atoms with van der Waals surface area (Å²) in [5, 5.41) is 127. The van der Waals surface area contributed by atoms with Crippen molar-refractivity contribution >= 4 is 0 Å². The summed E-state index contributed by atoms with van der Waals surface area (Å²) < 4.78 is 63.1. The summed E-state index contributed by atoms with van der Waals surface area (Å²) in [5.74, 6) is 5.57. The van der Waals surface area contributed by atoms with E-state index >= 15 is 0 Å². The first kappa shape index (κ1) is 89.7. The molecule has 672 valence electrons. The van der Waals surface area contributed by atoms with Crippen molar-refractivity contribution in [2.45, 2.75) is 93.8 Å². The standard InChI is InChI=1S/C23H22O4.C22H19FO4.C22H19FO3.2C22H20O4/c1-13-11-16(5-9-20(13)25)22-18-8-10-21(26)14(2)23(18)27-12-19(22)15-3-6-17(24)7-4-15;1-26-20-9-4-14(10-19(20)23)22-17-8-7-16(25)11-21(17)27-12-18(22)13-2-5-15(24)6-3-13;1-13-10-15(4-9-20(13)23)22-18-8-7-17(25)11-21(18)26-12-19(22)14-2-5-16(24)6-3-14;1-13-20(25)11-10-18-21(15-4-8-17(24)9-5-15)19(12-26-22(13)18)14-2-6-16(23)7-3-14;1-13-10-15(4-9-20(13)25)22-18-8-7-17(24)11-21(18)26-12-19(22)14-2-5-16(23)6-3-14/h3-11,19,22,24-26H,12H2,1-2H3;2-11,18,22,24-25H,12H2,1H3;2-11,19,22,24-25H,12H2,1H3;2-11,19,21,23-25H,12H2,1H3;2-11,19,22-25H,12H2,1H3/t19-,22-;18-,22-;19-,22-;19-,21-;19-,22-/m11111/s1. The van der Waals surface area contributed by atoms with E-state index in [1.54, 1.807) is 146 Å². The number of hydrogen-bond acceptors (Lipinski definition) is 19. The zero-order valence-electron chi connectivity index (χ0n) is 73.1. The van der Waals surface area contributed by atoms with Crippen molar-refractivity contribution < 1.29 is 104 Å². The summed E-state index contributed by atoms with van der Waals surface area (Å²) in [6.45, 7) is 11.4. The number of ether oxygens (including phenoxy) is 6. The van der Waals surface area contributed by atoms with Crippen molar-refractivity contribution in [1.82, 2.24) is 0 Å². The number of fused-ring (bicyclic) bond motifs is 5. The second-order valence-electron chi connectivity index (χ2n) is 33.9. The van der Waals surface area contributed by atoms with Gasteiger partial charge in [0.15, 0.2) is 11.6 Å². The third-order valence-electron chi connectivity index (χ3n) is 25.7. The lowest BCUT2D eigenvalue weighted by Crippen LogP contribution is -2.25. The zero-order chi connectivity index (χ0) is 92.9. The monoisotopic (exact) mass is 1770 g/mol. The molecule has 0 saturated heterocycles. The second kappa shape index (κ2) is 38.7. The molecule has 21 heteroatoms. The van der Waals surface area contributed by atoms with E-state index < -0.39 is 5.82 Å². The SMILES string of the molecule is COc1ccc([C@@H]2c3ccc(O)cc3OC[C@@H]2c2ccc(O)cc2)cc1F.Cc1c(O)ccc2c1OC[C@H](c1ccc(O)cc1)[C@@H]2c1ccc(O)cc1.Cc1cc([C@@H]2c3ccc(O)c(C)c3OC[C@@H]2c2ccc(O)cc2)ccc1O.Cc1cc([C@@H]2c3ccc(O)cc3OC[C@@H]2c2ccc(O)cc2)ccc1F.Cc1cc([C@@H]2c3ccc(O)cc3OC[C@@H]2c2ccc(O)cc2)ccc1O. The van der Waals surface area contributed by atoms with Crippen LogP contribution in [0.5, 0.6) is 109 Å². The van der Waals surface area contributed by atoms with Gasteiger partial charge in [-0.25, -0.2) is 8.78 Å². The van der Waals surface area contributed by atoms with E-state index in [2.05, 4.69) is 0 Å². The number of rotatable bonds is 11. The summed E-state index contributed by atoms with van der Waals surface area (Å²) in [6.07, 6.45) is 0. The van der Waals surface area contributed by atoms with Crippen LogP contribution in [0.2, 0.25) is 0 Å². The molecule has 132 heavy (non-hydrogen) atoms. The van der Waals surface area contributed by atoms with Crippen LogP contribution in [-0.2, 0) is 0 Å². The first-order valence-corrected chi connectivity index (χ1v) is 43.3. The van der Waals surface area contributed by atoms with E-state index in [9.17, 15) is 75.2 Å². The molecule has 13 N–H and O–H groups in total. The predicted molar refractivity (Wildman–Crippen MR) is 499 cm³/mol. The van der Waals surface area contributed by atoms with Gasteiger partial charge in [-0.15, -0.1) is 0 Å². The van der Waals surface area contributed by atoms with Gasteiger partial charge in [0, 0.05) is 116 Å². The average molecular weight is 1780 g/mol. The Morgan fingerprint density at radius 1 is 0.227 bits per heavy atom. The van der Waals surface area contributed by atoms with Crippen LogP contribution in [0.1, 0.15) is 170 Å². The summed E-state index contributed by atoms with van der Waals surface area (Å²) in [4.78, 5) is 0. The molecule has 19 nitrogen and oxygen atoms in total. The number of phenols is 13. The molecule has 20 rings (SSSR count). The fraction of sp³-hybridized carbons (Fsp3) is 0.189. The van der Waals surface area contributed by atoms with Gasteiger partial charge < -0.3 is 94.8 Å². The van der Waals surface area contributed by atoms with Crippen LogP contribution in [0, 0.1) is 46.3 Å². The van der Waals surface area contributed by atoms with Crippen LogP contribution in [0.15, 0.2) is 297 Å². The fourth-order valence-electron chi connectivity index (χ4n) is 18.7. The molecule has 0 amide bonds. The first-order valence-electron chi connectivity index (χ1n) is 43.3. The molecule has 15 aromatic rings. The molecular weight excluding hydrogens is 1680 g/mol. The molecule has 0 aliphatic carbocycles. The van der Waals surface area contributed by atoms with Crippen molar-refractivity contribution in [1.29, 1.82) is 0 Å². The average Bonchev–Trinajstić information content (AvgIpc) is 0.746. The van der Waals surface area contributed by atoms with Gasteiger partial charge in [-0.3, -0.25) is 0 Å². The molecule has 5 aliphatic heterocycles. The van der Waals surface area contributed by atoms with Crippen molar-refractivity contribution in [3.8, 4) is 109 Å². The Kier molecular flexibility index (Phi) is 26.3. The van der Waals surface area contributed by atoms with E-state index in [0.29, 0.717) is 55.8 Å². The number of benzene rings is 15. The second-order valence-corrected chi connectivity index (χ2v) is 33.9. The molecular formula is C111H100F2O19. The summed E-state index contributed by atoms with van der Waals surface area (Å²) in [6, 6.07) is 86.8. The van der Waals surface area contributed by atoms with E-state index in [1.807, 2.05) is 173 Å². The van der Waals surface area contributed by atoms with Crippen LogP contribution >= 0.6 is 0 Å². The molecule has 0 aromatic heterocycles. The van der Waals surface area contributed by atoms with Gasteiger partial charge in [-0.05, 0) is 240 Å². The number of aromatic hydroxyl groups is 13. The quantitative estimate of drug-likeness (QED) is 0.0572. The summed E-state index contributed by atoms with van der Waals surface area (Å²) in [5.41, 5.74) is 18.8. The zero-order valence-corrected chi connectivity index (χ0v) is 73.1. The number of phenolic OH excluding ortho intramolecular Hbond substituents is 13. The minimum absolute atomic E-state index is 0.0110. The number of aryl methyl sites for hydroxylation is 3. The third-order valence-corrected chi connectivity index (χ3v) is 25.7. The largest absolute Gasteiger partial charge is 0.508 e. The van der Waals surface area contributed by atoms with E-state index in [-0.39, 0.29) is 145 Å². The highest BCUT2D eigenvalue weighted by Gasteiger charge is 2.41. The lowest BCUT2D eigenvalue weighted by atomic mass is 9.75. The molecule has 5 aliphatic rings. The van der Waals surface area contributed by atoms with Crippen LogP contribution < -0.4 is 28.4 Å². The third kappa shape index (κ3) is 19.2. The van der Waals surface area contributed by atoms with E-state index in [1.165, 1.54) is 19.2 Å². The van der Waals surface area contributed by atoms with Crippen molar-refractivity contribution in [2.24, 2.45) is 0 Å². The molecule has 0 spiro atoms. The number of methoxy groups -OCH3 is 1. The minimum atomic E-state index is -0.425. The van der Waals surface area contributed by atoms with Gasteiger partial charge in [0.25, 0.3) is 0 Å². The Morgan fingerprint density at radius 3 is 0.773 bits per heavy atom. The lowest BCUT2D eigenvalue weighted by Gasteiger charge is -2.35. The number of halogens is 2.